The molecule has 2 heterocycles. The normalized spacial score (nSPS) is 11.3. The van der Waals surface area contributed by atoms with E-state index >= 15 is 0 Å². The molecule has 4 aromatic rings. The molecule has 5 heteroatoms. The van der Waals surface area contributed by atoms with Crippen LogP contribution in [0.2, 0.25) is 0 Å². The molecule has 0 aliphatic carbocycles. The molecule has 0 N–H and O–H groups in total. The largest absolute Gasteiger partial charge is 0.419 e. The van der Waals surface area contributed by atoms with Crippen molar-refractivity contribution in [3.05, 3.63) is 70.5 Å². The van der Waals surface area contributed by atoms with E-state index in [0.29, 0.717) is 11.8 Å². The molecule has 26 heavy (non-hydrogen) atoms. The number of halogens is 1. The van der Waals surface area contributed by atoms with Gasteiger partial charge in [0.1, 0.15) is 5.69 Å². The van der Waals surface area contributed by atoms with Gasteiger partial charge in [0.25, 0.3) is 5.89 Å². The molecule has 0 unspecified atom stereocenters. The van der Waals surface area contributed by atoms with E-state index in [4.69, 9.17) is 4.42 Å². The van der Waals surface area contributed by atoms with E-state index < -0.39 is 0 Å². The Morgan fingerprint density at radius 2 is 1.85 bits per heavy atom. The Labute approximate surface area is 161 Å². The Morgan fingerprint density at radius 3 is 2.65 bits per heavy atom. The lowest BCUT2D eigenvalue weighted by atomic mass is 10.2. The van der Waals surface area contributed by atoms with E-state index in [-0.39, 0.29) is 0 Å². The topological polar surface area (TPSA) is 43.9 Å². The van der Waals surface area contributed by atoms with Crippen molar-refractivity contribution in [3.8, 4) is 11.6 Å². The number of aryl methyl sites for hydroxylation is 1. The summed E-state index contributed by atoms with van der Waals surface area (Å²) in [5.74, 6) is 1.30. The van der Waals surface area contributed by atoms with E-state index in [1.165, 1.54) is 16.5 Å². The predicted molar refractivity (Wildman–Crippen MR) is 107 cm³/mol. The molecular weight excluding hydrogens is 390 g/mol. The van der Waals surface area contributed by atoms with Crippen molar-refractivity contribution in [3.63, 3.8) is 0 Å². The Bertz CT molecular complexity index is 1020. The lowest BCUT2D eigenvalue weighted by Gasteiger charge is -2.09. The maximum Gasteiger partial charge on any atom is 0.264 e. The second-order valence-electron chi connectivity index (χ2n) is 6.41. The average Bonchev–Trinajstić information content (AvgIpc) is 3.27. The summed E-state index contributed by atoms with van der Waals surface area (Å²) < 4.78 is 9.27. The monoisotopic (exact) mass is 409 g/mol. The third kappa shape index (κ3) is 3.44. The Kier molecular flexibility index (Phi) is 4.89. The molecule has 2 aromatic heterocycles. The summed E-state index contributed by atoms with van der Waals surface area (Å²) in [4.78, 5) is 0. The number of nitrogens with zero attached hydrogens (tertiary/aromatic N) is 3. The highest BCUT2D eigenvalue weighted by atomic mass is 79.9. The number of fused-ring (bicyclic) bond motifs is 1. The van der Waals surface area contributed by atoms with Gasteiger partial charge in [-0.25, -0.2) is 0 Å². The van der Waals surface area contributed by atoms with Gasteiger partial charge in [-0.05, 0) is 36.2 Å². The lowest BCUT2D eigenvalue weighted by Crippen LogP contribution is -2.01. The van der Waals surface area contributed by atoms with Gasteiger partial charge in [-0.2, -0.15) is 0 Å². The minimum atomic E-state index is 0.587. The van der Waals surface area contributed by atoms with Gasteiger partial charge in [-0.15, -0.1) is 10.2 Å². The van der Waals surface area contributed by atoms with E-state index in [9.17, 15) is 0 Å². The first-order chi connectivity index (χ1) is 12.7. The number of unbranched alkanes of at least 4 members (excludes halogenated alkanes) is 1. The third-order valence-corrected chi connectivity index (χ3v) is 5.02. The second-order valence-corrected chi connectivity index (χ2v) is 7.32. The molecule has 0 bridgehead atoms. The highest BCUT2D eigenvalue weighted by Gasteiger charge is 2.16. The minimum absolute atomic E-state index is 0.587. The van der Waals surface area contributed by atoms with Crippen LogP contribution >= 0.6 is 15.9 Å². The number of hydrogen-bond acceptors (Lipinski definition) is 3. The maximum atomic E-state index is 5.95. The Balaban J connectivity index is 1.76. The van der Waals surface area contributed by atoms with Crippen LogP contribution in [-0.4, -0.2) is 14.8 Å². The summed E-state index contributed by atoms with van der Waals surface area (Å²) in [6.45, 7) is 2.91. The number of rotatable bonds is 6. The number of benzene rings is 2. The van der Waals surface area contributed by atoms with Crippen LogP contribution in [0.4, 0.5) is 0 Å². The fourth-order valence-corrected chi connectivity index (χ4v) is 3.38. The Hall–Kier alpha value is -2.40. The molecule has 0 radical (unpaired) electrons. The first kappa shape index (κ1) is 17.0. The highest BCUT2D eigenvalue weighted by Crippen LogP contribution is 2.29. The average molecular weight is 410 g/mol. The van der Waals surface area contributed by atoms with Crippen LogP contribution in [0, 0.1) is 0 Å². The van der Waals surface area contributed by atoms with Crippen molar-refractivity contribution in [1.82, 2.24) is 14.8 Å². The zero-order valence-electron chi connectivity index (χ0n) is 14.7. The quantitative estimate of drug-likeness (QED) is 0.401. The summed E-state index contributed by atoms with van der Waals surface area (Å²) in [6.07, 6.45) is 3.00. The van der Waals surface area contributed by atoms with E-state index in [0.717, 1.165) is 36.0 Å². The van der Waals surface area contributed by atoms with Gasteiger partial charge in [0.2, 0.25) is 5.89 Å². The first-order valence-corrected chi connectivity index (χ1v) is 9.69. The zero-order chi connectivity index (χ0) is 17.9. The molecule has 0 atom stereocenters. The molecule has 4 rings (SSSR count). The molecule has 0 aliphatic rings. The van der Waals surface area contributed by atoms with Crippen LogP contribution in [0.25, 0.3) is 22.5 Å². The van der Waals surface area contributed by atoms with Gasteiger partial charge >= 0.3 is 0 Å². The van der Waals surface area contributed by atoms with Crippen molar-refractivity contribution in [2.24, 2.45) is 0 Å². The number of hydrogen-bond donors (Lipinski definition) is 0. The molecular formula is C21H20BrN3O. The fraction of sp³-hybridized carbons (Fsp3) is 0.238. The van der Waals surface area contributed by atoms with Crippen molar-refractivity contribution < 1.29 is 4.42 Å². The predicted octanol–water partition coefficient (Wildman–Crippen LogP) is 5.84. The van der Waals surface area contributed by atoms with E-state index in [2.05, 4.69) is 92.2 Å². The standard InChI is InChI=1S/C21H20BrN3O/c1-2-3-8-20-23-24-21(26-20)19-13-16-6-4-5-7-18(16)25(19)14-15-9-11-17(22)12-10-15/h4-7,9-13H,2-3,8,14H2,1H3. The van der Waals surface area contributed by atoms with Gasteiger partial charge in [-0.1, -0.05) is 59.6 Å². The highest BCUT2D eigenvalue weighted by molar-refractivity contribution is 9.10. The Morgan fingerprint density at radius 1 is 1.04 bits per heavy atom. The molecule has 0 amide bonds. The van der Waals surface area contributed by atoms with Crippen LogP contribution in [0.3, 0.4) is 0 Å². The van der Waals surface area contributed by atoms with Gasteiger partial charge < -0.3 is 8.98 Å². The zero-order valence-corrected chi connectivity index (χ0v) is 16.2. The smallest absolute Gasteiger partial charge is 0.264 e. The molecule has 0 aliphatic heterocycles. The van der Waals surface area contributed by atoms with Gasteiger partial charge in [-0.3, -0.25) is 0 Å². The van der Waals surface area contributed by atoms with Gasteiger partial charge in [0.15, 0.2) is 0 Å². The van der Waals surface area contributed by atoms with Crippen LogP contribution in [0.1, 0.15) is 31.2 Å². The lowest BCUT2D eigenvalue weighted by molar-refractivity contribution is 0.492. The number of para-hydroxylation sites is 1. The summed E-state index contributed by atoms with van der Waals surface area (Å²) in [6, 6.07) is 18.9. The molecule has 132 valence electrons. The SMILES string of the molecule is CCCCc1nnc(-c2cc3ccccc3n2Cc2ccc(Br)cc2)o1. The van der Waals surface area contributed by atoms with Crippen molar-refractivity contribution in [2.75, 3.05) is 0 Å². The second kappa shape index (κ2) is 7.46. The first-order valence-electron chi connectivity index (χ1n) is 8.90. The van der Waals surface area contributed by atoms with E-state index in [1.807, 2.05) is 0 Å². The van der Waals surface area contributed by atoms with Gasteiger partial charge in [0.05, 0.1) is 0 Å². The fourth-order valence-electron chi connectivity index (χ4n) is 3.12. The molecule has 0 saturated carbocycles. The van der Waals surface area contributed by atoms with Crippen molar-refractivity contribution in [2.45, 2.75) is 32.7 Å². The van der Waals surface area contributed by atoms with Gasteiger partial charge in [0, 0.05) is 28.3 Å². The summed E-state index contributed by atoms with van der Waals surface area (Å²) >= 11 is 3.50. The molecule has 0 fully saturated rings. The summed E-state index contributed by atoms with van der Waals surface area (Å²) in [7, 11) is 0. The van der Waals surface area contributed by atoms with Crippen LogP contribution in [-0.2, 0) is 13.0 Å². The summed E-state index contributed by atoms with van der Waals surface area (Å²) in [5, 5.41) is 9.70. The van der Waals surface area contributed by atoms with E-state index in [1.54, 1.807) is 0 Å². The number of aromatic nitrogens is 3. The van der Waals surface area contributed by atoms with Crippen molar-refractivity contribution >= 4 is 26.8 Å². The molecule has 0 spiro atoms. The van der Waals surface area contributed by atoms with Crippen molar-refractivity contribution in [1.29, 1.82) is 0 Å². The molecule has 2 aromatic carbocycles. The minimum Gasteiger partial charge on any atom is -0.419 e. The van der Waals surface area contributed by atoms with Crippen LogP contribution in [0.15, 0.2) is 63.5 Å². The van der Waals surface area contributed by atoms with Crippen LogP contribution < -0.4 is 0 Å². The maximum absolute atomic E-state index is 5.95. The van der Waals surface area contributed by atoms with Crippen LogP contribution in [0.5, 0.6) is 0 Å². The molecule has 0 saturated heterocycles. The molecule has 4 nitrogen and oxygen atoms in total. The third-order valence-electron chi connectivity index (χ3n) is 4.49. The summed E-state index contributed by atoms with van der Waals surface area (Å²) in [5.41, 5.74) is 3.35.